The van der Waals surface area contributed by atoms with E-state index in [1.807, 2.05) is 57.2 Å². The molecule has 0 N–H and O–H groups in total. The van der Waals surface area contributed by atoms with Gasteiger partial charge in [0.05, 0.1) is 12.2 Å². The lowest BCUT2D eigenvalue weighted by Gasteiger charge is -2.14. The minimum atomic E-state index is -0.283. The summed E-state index contributed by atoms with van der Waals surface area (Å²) in [7, 11) is 0. The Morgan fingerprint density at radius 3 is 2.45 bits per heavy atom. The fourth-order valence-electron chi connectivity index (χ4n) is 2.23. The molecule has 0 bridgehead atoms. The molecule has 0 saturated carbocycles. The van der Waals surface area contributed by atoms with E-state index in [0.29, 0.717) is 18.8 Å². The molecule has 0 aliphatic heterocycles. The summed E-state index contributed by atoms with van der Waals surface area (Å²) in [6.45, 7) is 6.75. The van der Waals surface area contributed by atoms with Gasteiger partial charge in [0.25, 0.3) is 0 Å². The van der Waals surface area contributed by atoms with Gasteiger partial charge in [0, 0.05) is 5.56 Å². The van der Waals surface area contributed by atoms with E-state index in [0.717, 1.165) is 28.9 Å². The van der Waals surface area contributed by atoms with Crippen LogP contribution in [0.2, 0.25) is 0 Å². The van der Waals surface area contributed by atoms with Crippen LogP contribution in [0.4, 0.5) is 0 Å². The molecule has 0 saturated heterocycles. The number of para-hydroxylation sites is 1. The van der Waals surface area contributed by atoms with Gasteiger partial charge in [-0.2, -0.15) is 0 Å². The molecular formula is C19H22O3. The van der Waals surface area contributed by atoms with Crippen molar-refractivity contribution in [3.8, 4) is 5.75 Å². The third kappa shape index (κ3) is 3.88. The minimum Gasteiger partial charge on any atom is -0.489 e. The third-order valence-electron chi connectivity index (χ3n) is 3.53. The summed E-state index contributed by atoms with van der Waals surface area (Å²) in [4.78, 5) is 12.2. The van der Waals surface area contributed by atoms with Gasteiger partial charge >= 0.3 is 5.97 Å². The maximum absolute atomic E-state index is 12.2. The fourth-order valence-corrected chi connectivity index (χ4v) is 2.23. The van der Waals surface area contributed by atoms with Crippen molar-refractivity contribution >= 4 is 5.97 Å². The minimum absolute atomic E-state index is 0.283. The number of esters is 1. The topological polar surface area (TPSA) is 35.5 Å². The molecular weight excluding hydrogens is 276 g/mol. The highest BCUT2D eigenvalue weighted by Crippen LogP contribution is 2.21. The SMILES string of the molecule is CCCOC(=O)c1cccc(C)c1COc1ccccc1C. The zero-order chi connectivity index (χ0) is 15.9. The quantitative estimate of drug-likeness (QED) is 0.739. The molecule has 2 aromatic carbocycles. The lowest BCUT2D eigenvalue weighted by molar-refractivity contribution is 0.0502. The van der Waals surface area contributed by atoms with Gasteiger partial charge in [-0.15, -0.1) is 0 Å². The number of hydrogen-bond donors (Lipinski definition) is 0. The van der Waals surface area contributed by atoms with Crippen LogP contribution in [0.15, 0.2) is 42.5 Å². The summed E-state index contributed by atoms with van der Waals surface area (Å²) in [6.07, 6.45) is 0.812. The van der Waals surface area contributed by atoms with E-state index in [1.165, 1.54) is 0 Å². The second-order valence-electron chi connectivity index (χ2n) is 5.29. The van der Waals surface area contributed by atoms with Crippen LogP contribution in [0.25, 0.3) is 0 Å². The normalized spacial score (nSPS) is 10.3. The Kier molecular flexibility index (Phi) is 5.59. The van der Waals surface area contributed by atoms with E-state index < -0.39 is 0 Å². The molecule has 2 aromatic rings. The van der Waals surface area contributed by atoms with E-state index >= 15 is 0 Å². The van der Waals surface area contributed by atoms with E-state index in [-0.39, 0.29) is 5.97 Å². The van der Waals surface area contributed by atoms with Gasteiger partial charge in [-0.3, -0.25) is 0 Å². The summed E-state index contributed by atoms with van der Waals surface area (Å²) in [5, 5.41) is 0. The predicted octanol–water partition coefficient (Wildman–Crippen LogP) is 4.45. The molecule has 116 valence electrons. The van der Waals surface area contributed by atoms with E-state index in [4.69, 9.17) is 9.47 Å². The van der Waals surface area contributed by atoms with Crippen molar-refractivity contribution in [2.45, 2.75) is 33.8 Å². The van der Waals surface area contributed by atoms with Crippen LogP contribution >= 0.6 is 0 Å². The number of benzene rings is 2. The molecule has 0 aliphatic rings. The first-order chi connectivity index (χ1) is 10.6. The molecule has 3 nitrogen and oxygen atoms in total. The summed E-state index contributed by atoms with van der Waals surface area (Å²) in [5.41, 5.74) is 3.57. The molecule has 0 fully saturated rings. The van der Waals surface area contributed by atoms with Crippen LogP contribution in [0.1, 0.15) is 40.4 Å². The molecule has 0 heterocycles. The standard InChI is InChI=1S/C19H22O3/c1-4-12-21-19(20)16-10-7-9-14(2)17(16)13-22-18-11-6-5-8-15(18)3/h5-11H,4,12-13H2,1-3H3. The van der Waals surface area contributed by atoms with Gasteiger partial charge in [-0.25, -0.2) is 4.79 Å². The summed E-state index contributed by atoms with van der Waals surface area (Å²) in [6, 6.07) is 13.5. The van der Waals surface area contributed by atoms with Crippen LogP contribution in [0.5, 0.6) is 5.75 Å². The highest BCUT2D eigenvalue weighted by Gasteiger charge is 2.15. The van der Waals surface area contributed by atoms with Gasteiger partial charge in [0.2, 0.25) is 0 Å². The number of ether oxygens (including phenoxy) is 2. The Bertz CT molecular complexity index is 647. The number of aryl methyl sites for hydroxylation is 2. The monoisotopic (exact) mass is 298 g/mol. The van der Waals surface area contributed by atoms with Crippen LogP contribution < -0.4 is 4.74 Å². The first kappa shape index (κ1) is 16.1. The Hall–Kier alpha value is -2.29. The average molecular weight is 298 g/mol. The first-order valence-corrected chi connectivity index (χ1v) is 7.57. The zero-order valence-corrected chi connectivity index (χ0v) is 13.4. The van der Waals surface area contributed by atoms with Crippen LogP contribution in [0.3, 0.4) is 0 Å². The van der Waals surface area contributed by atoms with E-state index in [2.05, 4.69) is 0 Å². The number of carbonyl (C=O) groups excluding carboxylic acids is 1. The van der Waals surface area contributed by atoms with Crippen molar-refractivity contribution in [2.24, 2.45) is 0 Å². The average Bonchev–Trinajstić information content (AvgIpc) is 2.52. The predicted molar refractivity (Wildman–Crippen MR) is 87.3 cm³/mol. The van der Waals surface area contributed by atoms with Crippen LogP contribution in [-0.4, -0.2) is 12.6 Å². The van der Waals surface area contributed by atoms with Crippen molar-refractivity contribution in [1.82, 2.24) is 0 Å². The van der Waals surface area contributed by atoms with Crippen LogP contribution in [-0.2, 0) is 11.3 Å². The summed E-state index contributed by atoms with van der Waals surface area (Å²) < 4.78 is 11.1. The van der Waals surface area contributed by atoms with Crippen molar-refractivity contribution < 1.29 is 14.3 Å². The van der Waals surface area contributed by atoms with Gasteiger partial charge in [0.15, 0.2) is 0 Å². The highest BCUT2D eigenvalue weighted by atomic mass is 16.5. The first-order valence-electron chi connectivity index (χ1n) is 7.57. The molecule has 22 heavy (non-hydrogen) atoms. The Labute approximate surface area is 131 Å². The van der Waals surface area contributed by atoms with Crippen molar-refractivity contribution in [3.63, 3.8) is 0 Å². The van der Waals surface area contributed by atoms with Crippen molar-refractivity contribution in [2.75, 3.05) is 6.61 Å². The van der Waals surface area contributed by atoms with Gasteiger partial charge in [0.1, 0.15) is 12.4 Å². The molecule has 0 amide bonds. The lowest BCUT2D eigenvalue weighted by atomic mass is 10.0. The Morgan fingerprint density at radius 1 is 1.00 bits per heavy atom. The molecule has 3 heteroatoms. The highest BCUT2D eigenvalue weighted by molar-refractivity contribution is 5.91. The Balaban J connectivity index is 2.19. The molecule has 0 aromatic heterocycles. The molecule has 0 radical (unpaired) electrons. The second kappa shape index (κ2) is 7.64. The largest absolute Gasteiger partial charge is 0.489 e. The maximum atomic E-state index is 12.2. The molecule has 2 rings (SSSR count). The molecule has 0 atom stereocenters. The zero-order valence-electron chi connectivity index (χ0n) is 13.4. The van der Waals surface area contributed by atoms with Crippen LogP contribution in [0, 0.1) is 13.8 Å². The van der Waals surface area contributed by atoms with Gasteiger partial charge in [-0.1, -0.05) is 37.3 Å². The Morgan fingerprint density at radius 2 is 1.73 bits per heavy atom. The van der Waals surface area contributed by atoms with Gasteiger partial charge in [-0.05, 0) is 43.5 Å². The van der Waals surface area contributed by atoms with Gasteiger partial charge < -0.3 is 9.47 Å². The maximum Gasteiger partial charge on any atom is 0.338 e. The van der Waals surface area contributed by atoms with Crippen molar-refractivity contribution in [1.29, 1.82) is 0 Å². The van der Waals surface area contributed by atoms with Crippen molar-refractivity contribution in [3.05, 3.63) is 64.7 Å². The number of rotatable bonds is 6. The number of hydrogen-bond acceptors (Lipinski definition) is 3. The molecule has 0 aliphatic carbocycles. The van der Waals surface area contributed by atoms with E-state index in [1.54, 1.807) is 6.07 Å². The molecule has 0 unspecified atom stereocenters. The second-order valence-corrected chi connectivity index (χ2v) is 5.29. The smallest absolute Gasteiger partial charge is 0.338 e. The third-order valence-corrected chi connectivity index (χ3v) is 3.53. The number of carbonyl (C=O) groups is 1. The summed E-state index contributed by atoms with van der Waals surface area (Å²) >= 11 is 0. The lowest BCUT2D eigenvalue weighted by Crippen LogP contribution is -2.12. The molecule has 0 spiro atoms. The summed E-state index contributed by atoms with van der Waals surface area (Å²) in [5.74, 6) is 0.549. The fraction of sp³-hybridized carbons (Fsp3) is 0.316. The van der Waals surface area contributed by atoms with E-state index in [9.17, 15) is 4.79 Å².